The van der Waals surface area contributed by atoms with Crippen LogP contribution in [0.1, 0.15) is 5.56 Å². The summed E-state index contributed by atoms with van der Waals surface area (Å²) in [4.78, 5) is 3.74. The predicted molar refractivity (Wildman–Crippen MR) is 36.7 cm³/mol. The molecular formula is C7H9NO2. The normalized spacial score (nSPS) is 9.70. The van der Waals surface area contributed by atoms with Gasteiger partial charge in [0.25, 0.3) is 0 Å². The van der Waals surface area contributed by atoms with Gasteiger partial charge in [-0.15, -0.1) is 0 Å². The van der Waals surface area contributed by atoms with Gasteiger partial charge in [-0.05, 0) is 18.1 Å². The van der Waals surface area contributed by atoms with E-state index in [1.165, 1.54) is 6.20 Å². The Morgan fingerprint density at radius 3 is 2.80 bits per heavy atom. The number of hydrogen-bond donors (Lipinski definition) is 2. The van der Waals surface area contributed by atoms with Crippen molar-refractivity contribution in [2.75, 3.05) is 6.61 Å². The van der Waals surface area contributed by atoms with Crippen molar-refractivity contribution < 1.29 is 10.2 Å². The van der Waals surface area contributed by atoms with Gasteiger partial charge >= 0.3 is 0 Å². The van der Waals surface area contributed by atoms with E-state index in [1.54, 1.807) is 12.3 Å². The third-order valence-corrected chi connectivity index (χ3v) is 1.18. The molecule has 3 heteroatoms. The van der Waals surface area contributed by atoms with Crippen molar-refractivity contribution in [1.29, 1.82) is 0 Å². The number of pyridine rings is 1. The highest BCUT2D eigenvalue weighted by atomic mass is 16.3. The SMILES string of the molecule is OCCc1cncc(O)c1. The fraction of sp³-hybridized carbons (Fsp3) is 0.286. The van der Waals surface area contributed by atoms with E-state index < -0.39 is 0 Å². The Hall–Kier alpha value is -1.09. The lowest BCUT2D eigenvalue weighted by atomic mass is 10.2. The van der Waals surface area contributed by atoms with Gasteiger partial charge in [0.05, 0.1) is 6.20 Å². The quantitative estimate of drug-likeness (QED) is 0.620. The third kappa shape index (κ3) is 1.70. The van der Waals surface area contributed by atoms with Gasteiger partial charge in [-0.2, -0.15) is 0 Å². The zero-order valence-corrected chi connectivity index (χ0v) is 5.49. The molecule has 0 aliphatic rings. The van der Waals surface area contributed by atoms with Gasteiger partial charge in [0, 0.05) is 12.8 Å². The van der Waals surface area contributed by atoms with Crippen LogP contribution in [0.3, 0.4) is 0 Å². The molecule has 0 aliphatic heterocycles. The molecule has 1 rings (SSSR count). The standard InChI is InChI=1S/C7H9NO2/c9-2-1-6-3-7(10)5-8-4-6/h3-5,9-10H,1-2H2. The maximum atomic E-state index is 8.90. The molecule has 0 atom stereocenters. The lowest BCUT2D eigenvalue weighted by Gasteiger charge is -1.96. The lowest BCUT2D eigenvalue weighted by molar-refractivity contribution is 0.299. The molecule has 0 bridgehead atoms. The molecule has 0 spiro atoms. The molecule has 54 valence electrons. The van der Waals surface area contributed by atoms with E-state index in [2.05, 4.69) is 4.98 Å². The van der Waals surface area contributed by atoms with Gasteiger partial charge in [-0.3, -0.25) is 4.98 Å². The molecule has 0 aliphatic carbocycles. The number of aliphatic hydroxyl groups is 1. The van der Waals surface area contributed by atoms with Crippen molar-refractivity contribution in [3.63, 3.8) is 0 Å². The van der Waals surface area contributed by atoms with Crippen molar-refractivity contribution in [3.05, 3.63) is 24.0 Å². The largest absolute Gasteiger partial charge is 0.506 e. The summed E-state index contributed by atoms with van der Waals surface area (Å²) in [7, 11) is 0. The summed E-state index contributed by atoms with van der Waals surface area (Å²) in [5, 5.41) is 17.4. The number of nitrogens with zero attached hydrogens (tertiary/aromatic N) is 1. The summed E-state index contributed by atoms with van der Waals surface area (Å²) in [5.74, 6) is 0.144. The molecule has 2 N–H and O–H groups in total. The summed E-state index contributed by atoms with van der Waals surface area (Å²) in [6.45, 7) is 0.0884. The molecule has 1 aromatic heterocycles. The first-order valence-corrected chi connectivity index (χ1v) is 3.06. The van der Waals surface area contributed by atoms with Crippen molar-refractivity contribution in [2.24, 2.45) is 0 Å². The minimum Gasteiger partial charge on any atom is -0.506 e. The third-order valence-electron chi connectivity index (χ3n) is 1.18. The first-order valence-electron chi connectivity index (χ1n) is 3.06. The van der Waals surface area contributed by atoms with Gasteiger partial charge in [0.2, 0.25) is 0 Å². The number of aromatic hydroxyl groups is 1. The summed E-state index contributed by atoms with van der Waals surface area (Å²) in [5.41, 5.74) is 0.850. The first kappa shape index (κ1) is 7.02. The Labute approximate surface area is 59.0 Å². The fourth-order valence-corrected chi connectivity index (χ4v) is 0.740. The van der Waals surface area contributed by atoms with E-state index >= 15 is 0 Å². The summed E-state index contributed by atoms with van der Waals surface area (Å²) < 4.78 is 0. The second-order valence-electron chi connectivity index (χ2n) is 2.02. The van der Waals surface area contributed by atoms with Crippen LogP contribution >= 0.6 is 0 Å². The highest BCUT2D eigenvalue weighted by Gasteiger charge is 1.92. The maximum Gasteiger partial charge on any atom is 0.134 e. The summed E-state index contributed by atoms with van der Waals surface area (Å²) in [6.07, 6.45) is 3.53. The first-order chi connectivity index (χ1) is 4.83. The van der Waals surface area contributed by atoms with Gasteiger partial charge in [0.15, 0.2) is 0 Å². The van der Waals surface area contributed by atoms with E-state index in [4.69, 9.17) is 10.2 Å². The molecule has 0 radical (unpaired) electrons. The minimum atomic E-state index is 0.0884. The zero-order valence-electron chi connectivity index (χ0n) is 5.49. The monoisotopic (exact) mass is 139 g/mol. The van der Waals surface area contributed by atoms with Crippen molar-refractivity contribution in [2.45, 2.75) is 6.42 Å². The summed E-state index contributed by atoms with van der Waals surface area (Å²) >= 11 is 0. The van der Waals surface area contributed by atoms with E-state index in [0.29, 0.717) is 6.42 Å². The number of aliphatic hydroxyl groups excluding tert-OH is 1. The second-order valence-corrected chi connectivity index (χ2v) is 2.02. The van der Waals surface area contributed by atoms with Gasteiger partial charge in [-0.25, -0.2) is 0 Å². The molecule has 10 heavy (non-hydrogen) atoms. The Morgan fingerprint density at radius 1 is 1.40 bits per heavy atom. The number of hydrogen-bond acceptors (Lipinski definition) is 3. The van der Waals surface area contributed by atoms with Crippen LogP contribution in [0.25, 0.3) is 0 Å². The summed E-state index contributed by atoms with van der Waals surface area (Å²) in [6, 6.07) is 1.59. The van der Waals surface area contributed by atoms with Crippen molar-refractivity contribution in [3.8, 4) is 5.75 Å². The molecule has 0 unspecified atom stereocenters. The van der Waals surface area contributed by atoms with E-state index in [-0.39, 0.29) is 12.4 Å². The molecule has 0 aromatic carbocycles. The second kappa shape index (κ2) is 3.17. The maximum absolute atomic E-state index is 8.90. The smallest absolute Gasteiger partial charge is 0.134 e. The average Bonchev–Trinajstić information content (AvgIpc) is 1.88. The van der Waals surface area contributed by atoms with Crippen LogP contribution in [-0.2, 0) is 6.42 Å². The Balaban J connectivity index is 2.75. The predicted octanol–water partition coefficient (Wildman–Crippen LogP) is 0.322. The molecule has 1 aromatic rings. The van der Waals surface area contributed by atoms with Crippen LogP contribution in [0.4, 0.5) is 0 Å². The van der Waals surface area contributed by atoms with Crippen LogP contribution in [0.5, 0.6) is 5.75 Å². The number of rotatable bonds is 2. The molecule has 0 saturated carbocycles. The molecule has 0 saturated heterocycles. The van der Waals surface area contributed by atoms with Crippen LogP contribution in [0, 0.1) is 0 Å². The number of aromatic nitrogens is 1. The molecule has 3 nitrogen and oxygen atoms in total. The van der Waals surface area contributed by atoms with Crippen LogP contribution in [-0.4, -0.2) is 21.8 Å². The van der Waals surface area contributed by atoms with Gasteiger partial charge in [0.1, 0.15) is 5.75 Å². The highest BCUT2D eigenvalue weighted by Crippen LogP contribution is 2.07. The average molecular weight is 139 g/mol. The molecule has 1 heterocycles. The van der Waals surface area contributed by atoms with Crippen molar-refractivity contribution >= 4 is 0 Å². The van der Waals surface area contributed by atoms with Crippen LogP contribution in [0.2, 0.25) is 0 Å². The molecular weight excluding hydrogens is 130 g/mol. The van der Waals surface area contributed by atoms with Crippen LogP contribution in [0.15, 0.2) is 18.5 Å². The van der Waals surface area contributed by atoms with Gasteiger partial charge in [-0.1, -0.05) is 0 Å². The van der Waals surface area contributed by atoms with Crippen LogP contribution < -0.4 is 0 Å². The Morgan fingerprint density at radius 2 is 2.20 bits per heavy atom. The topological polar surface area (TPSA) is 53.4 Å². The van der Waals surface area contributed by atoms with E-state index in [9.17, 15) is 0 Å². The van der Waals surface area contributed by atoms with E-state index in [0.717, 1.165) is 5.56 Å². The molecule has 0 amide bonds. The fourth-order valence-electron chi connectivity index (χ4n) is 0.740. The molecule has 0 fully saturated rings. The lowest BCUT2D eigenvalue weighted by Crippen LogP contribution is -1.90. The van der Waals surface area contributed by atoms with Crippen molar-refractivity contribution in [1.82, 2.24) is 4.98 Å². The Kier molecular flexibility index (Phi) is 2.23. The Bertz CT molecular complexity index is 213. The highest BCUT2D eigenvalue weighted by molar-refractivity contribution is 5.21. The van der Waals surface area contributed by atoms with Gasteiger partial charge < -0.3 is 10.2 Å². The zero-order chi connectivity index (χ0) is 7.40. The minimum absolute atomic E-state index is 0.0884. The van der Waals surface area contributed by atoms with E-state index in [1.807, 2.05) is 0 Å².